The Morgan fingerprint density at radius 1 is 1.09 bits per heavy atom. The molecule has 1 aromatic rings. The van der Waals surface area contributed by atoms with E-state index in [2.05, 4.69) is 13.8 Å². The summed E-state index contributed by atoms with van der Waals surface area (Å²) in [6.07, 6.45) is -2.37. The van der Waals surface area contributed by atoms with E-state index in [4.69, 9.17) is 9.47 Å². The molecule has 4 atom stereocenters. The number of hydrogen-bond donors (Lipinski definition) is 2. The zero-order chi connectivity index (χ0) is 15.9. The van der Waals surface area contributed by atoms with Gasteiger partial charge in [0.2, 0.25) is 0 Å². The second-order valence-electron chi connectivity index (χ2n) is 4.97. The molecule has 2 N–H and O–H groups in total. The highest BCUT2D eigenvalue weighted by Gasteiger charge is 2.42. The summed E-state index contributed by atoms with van der Waals surface area (Å²) in [5, 5.41) is 20.0. The number of rotatable bonds is 7. The van der Waals surface area contributed by atoms with Gasteiger partial charge in [-0.15, -0.1) is 23.5 Å². The SMILES string of the molecule is CCSC(SCC)[C@@H]1O[C@H](c2ccccc2)O[C@H](CO)[C@@H]1O. The molecule has 1 heterocycles. The summed E-state index contributed by atoms with van der Waals surface area (Å²) in [5.41, 5.74) is 0.902. The zero-order valence-corrected chi connectivity index (χ0v) is 14.6. The van der Waals surface area contributed by atoms with Crippen LogP contribution in [-0.4, -0.2) is 51.2 Å². The minimum absolute atomic E-state index is 0.120. The van der Waals surface area contributed by atoms with Crippen molar-refractivity contribution >= 4 is 23.5 Å². The Kier molecular flexibility index (Phi) is 7.53. The maximum absolute atomic E-state index is 10.5. The Morgan fingerprint density at radius 3 is 2.27 bits per heavy atom. The van der Waals surface area contributed by atoms with Crippen LogP contribution in [0.5, 0.6) is 0 Å². The van der Waals surface area contributed by atoms with Crippen molar-refractivity contribution in [1.29, 1.82) is 0 Å². The van der Waals surface area contributed by atoms with E-state index in [1.165, 1.54) is 0 Å². The summed E-state index contributed by atoms with van der Waals surface area (Å²) in [6, 6.07) is 9.65. The fourth-order valence-corrected chi connectivity index (χ4v) is 5.10. The third kappa shape index (κ3) is 4.40. The number of hydrogen-bond acceptors (Lipinski definition) is 6. The second-order valence-corrected chi connectivity index (χ2v) is 8.11. The van der Waals surface area contributed by atoms with Gasteiger partial charge in [-0.2, -0.15) is 0 Å². The highest BCUT2D eigenvalue weighted by Crippen LogP contribution is 2.38. The van der Waals surface area contributed by atoms with Crippen LogP contribution in [0, 0.1) is 0 Å². The number of aliphatic hydroxyl groups excluding tert-OH is 2. The lowest BCUT2D eigenvalue weighted by Crippen LogP contribution is -2.52. The Hall–Kier alpha value is -0.240. The van der Waals surface area contributed by atoms with Crippen LogP contribution in [0.2, 0.25) is 0 Å². The molecular formula is C16H24O4S2. The van der Waals surface area contributed by atoms with Crippen molar-refractivity contribution in [3.63, 3.8) is 0 Å². The van der Waals surface area contributed by atoms with Crippen LogP contribution in [0.25, 0.3) is 0 Å². The lowest BCUT2D eigenvalue weighted by molar-refractivity contribution is -0.290. The standard InChI is InChI=1S/C16H24O4S2/c1-3-21-16(22-4-2)14-13(18)12(10-17)19-15(20-14)11-8-6-5-7-9-11/h5-9,12-18H,3-4,10H2,1-2H3/t12-,13+,14-,15-/m1/s1. The first-order valence-corrected chi connectivity index (χ1v) is 9.69. The van der Waals surface area contributed by atoms with Crippen molar-refractivity contribution in [2.24, 2.45) is 0 Å². The number of aliphatic hydroxyl groups is 2. The van der Waals surface area contributed by atoms with Gasteiger partial charge in [0.15, 0.2) is 6.29 Å². The van der Waals surface area contributed by atoms with Crippen LogP contribution in [0.4, 0.5) is 0 Å². The van der Waals surface area contributed by atoms with Crippen LogP contribution in [0.3, 0.4) is 0 Å². The monoisotopic (exact) mass is 344 g/mol. The number of ether oxygens (including phenoxy) is 2. The molecule has 0 aromatic heterocycles. The fourth-order valence-electron chi connectivity index (χ4n) is 2.42. The number of benzene rings is 1. The van der Waals surface area contributed by atoms with Gasteiger partial charge in [0.05, 0.1) is 11.2 Å². The molecule has 0 aliphatic carbocycles. The molecule has 0 unspecified atom stereocenters. The largest absolute Gasteiger partial charge is 0.394 e. The van der Waals surface area contributed by atoms with Gasteiger partial charge in [0.25, 0.3) is 0 Å². The molecule has 1 fully saturated rings. The molecule has 1 saturated heterocycles. The molecule has 1 aliphatic rings. The van der Waals surface area contributed by atoms with Crippen molar-refractivity contribution < 1.29 is 19.7 Å². The molecule has 0 bridgehead atoms. The molecule has 22 heavy (non-hydrogen) atoms. The van der Waals surface area contributed by atoms with Gasteiger partial charge in [-0.3, -0.25) is 0 Å². The van der Waals surface area contributed by atoms with E-state index in [0.29, 0.717) is 0 Å². The summed E-state index contributed by atoms with van der Waals surface area (Å²) in [5.74, 6) is 1.90. The lowest BCUT2D eigenvalue weighted by atomic mass is 10.1. The van der Waals surface area contributed by atoms with Gasteiger partial charge >= 0.3 is 0 Å². The predicted octanol–water partition coefficient (Wildman–Crippen LogP) is 2.65. The molecule has 124 valence electrons. The van der Waals surface area contributed by atoms with Crippen LogP contribution >= 0.6 is 23.5 Å². The smallest absolute Gasteiger partial charge is 0.184 e. The summed E-state index contributed by atoms with van der Waals surface area (Å²) in [4.78, 5) is 0. The first-order chi connectivity index (χ1) is 10.7. The highest BCUT2D eigenvalue weighted by atomic mass is 32.2. The summed E-state index contributed by atoms with van der Waals surface area (Å²) in [6.45, 7) is 3.97. The molecule has 1 aromatic carbocycles. The predicted molar refractivity (Wildman–Crippen MR) is 92.1 cm³/mol. The highest BCUT2D eigenvalue weighted by molar-refractivity contribution is 8.17. The topological polar surface area (TPSA) is 58.9 Å². The van der Waals surface area contributed by atoms with Gasteiger partial charge in [0, 0.05) is 5.56 Å². The maximum atomic E-state index is 10.5. The number of thioether (sulfide) groups is 2. The van der Waals surface area contributed by atoms with E-state index in [1.807, 2.05) is 30.3 Å². The molecule has 6 heteroatoms. The summed E-state index contributed by atoms with van der Waals surface area (Å²) < 4.78 is 11.9. The van der Waals surface area contributed by atoms with E-state index < -0.39 is 18.5 Å². The first kappa shape index (κ1) is 18.1. The lowest BCUT2D eigenvalue weighted by Gasteiger charge is -2.41. The van der Waals surface area contributed by atoms with Gasteiger partial charge < -0.3 is 19.7 Å². The Morgan fingerprint density at radius 2 is 1.73 bits per heavy atom. The molecule has 0 spiro atoms. The van der Waals surface area contributed by atoms with Crippen molar-refractivity contribution in [2.45, 2.75) is 43.0 Å². The Balaban J connectivity index is 2.19. The van der Waals surface area contributed by atoms with Crippen LogP contribution in [0.15, 0.2) is 30.3 Å². The molecule has 2 rings (SSSR count). The Bertz CT molecular complexity index is 425. The summed E-state index contributed by atoms with van der Waals surface area (Å²) in [7, 11) is 0. The fraction of sp³-hybridized carbons (Fsp3) is 0.625. The van der Waals surface area contributed by atoms with E-state index in [-0.39, 0.29) is 17.3 Å². The third-order valence-electron chi connectivity index (χ3n) is 3.48. The van der Waals surface area contributed by atoms with E-state index in [9.17, 15) is 10.2 Å². The van der Waals surface area contributed by atoms with Crippen LogP contribution in [-0.2, 0) is 9.47 Å². The van der Waals surface area contributed by atoms with Gasteiger partial charge in [0.1, 0.15) is 18.3 Å². The third-order valence-corrected chi connectivity index (χ3v) is 6.16. The van der Waals surface area contributed by atoms with E-state index >= 15 is 0 Å². The van der Waals surface area contributed by atoms with Gasteiger partial charge in [-0.1, -0.05) is 44.2 Å². The summed E-state index contributed by atoms with van der Waals surface area (Å²) >= 11 is 3.52. The van der Waals surface area contributed by atoms with Crippen LogP contribution < -0.4 is 0 Å². The molecule has 1 aliphatic heterocycles. The quantitative estimate of drug-likeness (QED) is 0.742. The van der Waals surface area contributed by atoms with Crippen molar-refractivity contribution in [3.8, 4) is 0 Å². The molecular weight excluding hydrogens is 320 g/mol. The molecule has 0 radical (unpaired) electrons. The van der Waals surface area contributed by atoms with Crippen molar-refractivity contribution in [1.82, 2.24) is 0 Å². The maximum Gasteiger partial charge on any atom is 0.184 e. The average molecular weight is 344 g/mol. The normalized spacial score (nSPS) is 29.0. The van der Waals surface area contributed by atoms with E-state index in [0.717, 1.165) is 17.1 Å². The van der Waals surface area contributed by atoms with Crippen molar-refractivity contribution in [2.75, 3.05) is 18.1 Å². The Labute approximate surface area is 140 Å². The van der Waals surface area contributed by atoms with Crippen molar-refractivity contribution in [3.05, 3.63) is 35.9 Å². The molecule has 4 nitrogen and oxygen atoms in total. The first-order valence-electron chi connectivity index (χ1n) is 7.59. The van der Waals surface area contributed by atoms with Crippen LogP contribution in [0.1, 0.15) is 25.7 Å². The minimum Gasteiger partial charge on any atom is -0.394 e. The minimum atomic E-state index is -0.826. The molecule has 0 amide bonds. The van der Waals surface area contributed by atoms with E-state index in [1.54, 1.807) is 23.5 Å². The van der Waals surface area contributed by atoms with Gasteiger partial charge in [-0.25, -0.2) is 0 Å². The molecule has 0 saturated carbocycles. The van der Waals surface area contributed by atoms with Gasteiger partial charge in [-0.05, 0) is 11.5 Å². The average Bonchev–Trinajstić information content (AvgIpc) is 2.56. The zero-order valence-electron chi connectivity index (χ0n) is 12.9. The second kappa shape index (κ2) is 9.15.